The van der Waals surface area contributed by atoms with Crippen LogP contribution in [0.2, 0.25) is 0 Å². The smallest absolute Gasteiger partial charge is 0.251 e. The second-order valence-electron chi connectivity index (χ2n) is 4.78. The van der Waals surface area contributed by atoms with Gasteiger partial charge in [0.05, 0.1) is 6.61 Å². The first-order valence-electron chi connectivity index (χ1n) is 7.39. The van der Waals surface area contributed by atoms with Gasteiger partial charge in [-0.25, -0.2) is 0 Å². The molecule has 4 heteroatoms. The second kappa shape index (κ2) is 9.37. The molecule has 1 aromatic rings. The van der Waals surface area contributed by atoms with Crippen molar-refractivity contribution in [1.82, 2.24) is 5.32 Å². The number of hydrogen-bond acceptors (Lipinski definition) is 3. The number of amides is 1. The third-order valence-corrected chi connectivity index (χ3v) is 3.03. The van der Waals surface area contributed by atoms with Crippen LogP contribution < -0.4 is 10.6 Å². The van der Waals surface area contributed by atoms with Gasteiger partial charge in [0.1, 0.15) is 0 Å². The molecule has 0 aliphatic carbocycles. The zero-order valence-corrected chi connectivity index (χ0v) is 12.8. The molecule has 0 aromatic heterocycles. The molecule has 0 aliphatic heterocycles. The highest BCUT2D eigenvalue weighted by Gasteiger charge is 2.08. The Morgan fingerprint density at radius 1 is 1.25 bits per heavy atom. The average molecular weight is 278 g/mol. The lowest BCUT2D eigenvalue weighted by Gasteiger charge is -2.10. The van der Waals surface area contributed by atoms with Crippen LogP contribution in [0.1, 0.15) is 42.6 Å². The van der Waals surface area contributed by atoms with Gasteiger partial charge in [0.15, 0.2) is 0 Å². The van der Waals surface area contributed by atoms with Crippen molar-refractivity contribution in [3.63, 3.8) is 0 Å². The van der Waals surface area contributed by atoms with E-state index < -0.39 is 0 Å². The molecule has 0 saturated heterocycles. The van der Waals surface area contributed by atoms with Gasteiger partial charge in [-0.1, -0.05) is 13.3 Å². The molecule has 0 bridgehead atoms. The number of nitrogens with one attached hydrogen (secondary N) is 2. The monoisotopic (exact) mass is 278 g/mol. The molecule has 0 aliphatic rings. The van der Waals surface area contributed by atoms with Gasteiger partial charge in [-0.2, -0.15) is 0 Å². The number of ether oxygens (including phenoxy) is 1. The van der Waals surface area contributed by atoms with Gasteiger partial charge in [0.25, 0.3) is 5.91 Å². The standard InChI is InChI=1S/C16H26N2O2/c1-4-6-10-20-11-9-18-16(19)15-8-7-14(17-5-2)12-13(15)3/h7-8,12,17H,4-6,9-11H2,1-3H3,(H,18,19). The predicted molar refractivity (Wildman–Crippen MR) is 83.4 cm³/mol. The van der Waals surface area contributed by atoms with Crippen molar-refractivity contribution in [1.29, 1.82) is 0 Å². The molecule has 0 atom stereocenters. The molecule has 0 fully saturated rings. The first-order valence-corrected chi connectivity index (χ1v) is 7.39. The zero-order valence-electron chi connectivity index (χ0n) is 12.8. The molecule has 0 saturated carbocycles. The summed E-state index contributed by atoms with van der Waals surface area (Å²) in [4.78, 5) is 12.0. The molecule has 1 amide bonds. The van der Waals surface area contributed by atoms with Crippen molar-refractivity contribution in [3.8, 4) is 0 Å². The lowest BCUT2D eigenvalue weighted by molar-refractivity contribution is 0.0912. The van der Waals surface area contributed by atoms with Gasteiger partial charge in [-0.05, 0) is 44.0 Å². The van der Waals surface area contributed by atoms with Crippen LogP contribution in [0.3, 0.4) is 0 Å². The minimum atomic E-state index is -0.0374. The van der Waals surface area contributed by atoms with E-state index in [1.54, 1.807) is 0 Å². The number of carbonyl (C=O) groups excluding carboxylic acids is 1. The van der Waals surface area contributed by atoms with Crippen LogP contribution in [0.5, 0.6) is 0 Å². The van der Waals surface area contributed by atoms with E-state index in [2.05, 4.69) is 24.5 Å². The summed E-state index contributed by atoms with van der Waals surface area (Å²) in [6.07, 6.45) is 2.20. The fraction of sp³-hybridized carbons (Fsp3) is 0.562. The lowest BCUT2D eigenvalue weighted by atomic mass is 10.1. The van der Waals surface area contributed by atoms with Crippen molar-refractivity contribution in [2.45, 2.75) is 33.6 Å². The van der Waals surface area contributed by atoms with Crippen molar-refractivity contribution in [3.05, 3.63) is 29.3 Å². The van der Waals surface area contributed by atoms with Crippen molar-refractivity contribution < 1.29 is 9.53 Å². The summed E-state index contributed by atoms with van der Waals surface area (Å²) < 4.78 is 5.42. The van der Waals surface area contributed by atoms with Crippen LogP contribution in [0.4, 0.5) is 5.69 Å². The summed E-state index contributed by atoms with van der Waals surface area (Å²) >= 11 is 0. The topological polar surface area (TPSA) is 50.4 Å². The first kappa shape index (κ1) is 16.5. The van der Waals surface area contributed by atoms with Crippen LogP contribution in [-0.2, 0) is 4.74 Å². The number of unbranched alkanes of at least 4 members (excludes halogenated alkanes) is 1. The molecule has 0 heterocycles. The van der Waals surface area contributed by atoms with Crippen molar-refractivity contribution in [2.24, 2.45) is 0 Å². The normalized spacial score (nSPS) is 10.3. The van der Waals surface area contributed by atoms with Gasteiger partial charge in [-0.15, -0.1) is 0 Å². The first-order chi connectivity index (χ1) is 9.69. The number of carbonyl (C=O) groups is 1. The molecule has 0 unspecified atom stereocenters. The van der Waals surface area contributed by atoms with Crippen LogP contribution in [-0.4, -0.2) is 32.2 Å². The summed E-state index contributed by atoms with van der Waals surface area (Å²) in [6, 6.07) is 5.79. The molecule has 4 nitrogen and oxygen atoms in total. The van der Waals surface area contributed by atoms with Crippen LogP contribution in [0, 0.1) is 6.92 Å². The summed E-state index contributed by atoms with van der Waals surface area (Å²) in [5.41, 5.74) is 2.75. The number of aryl methyl sites for hydroxylation is 1. The summed E-state index contributed by atoms with van der Waals surface area (Å²) in [7, 11) is 0. The highest BCUT2D eigenvalue weighted by molar-refractivity contribution is 5.96. The molecule has 1 rings (SSSR count). The zero-order chi connectivity index (χ0) is 14.8. The summed E-state index contributed by atoms with van der Waals surface area (Å²) in [5.74, 6) is -0.0374. The van der Waals surface area contributed by atoms with Gasteiger partial charge in [-0.3, -0.25) is 4.79 Å². The Bertz CT molecular complexity index is 419. The van der Waals surface area contributed by atoms with E-state index in [-0.39, 0.29) is 5.91 Å². The van der Waals surface area contributed by atoms with E-state index in [9.17, 15) is 4.79 Å². The Kier molecular flexibility index (Phi) is 7.73. The summed E-state index contributed by atoms with van der Waals surface area (Å²) in [5, 5.41) is 6.12. The quantitative estimate of drug-likeness (QED) is 0.683. The SMILES string of the molecule is CCCCOCCNC(=O)c1ccc(NCC)cc1C. The van der Waals surface area contributed by atoms with Crippen LogP contribution >= 0.6 is 0 Å². The maximum absolute atomic E-state index is 12.0. The lowest BCUT2D eigenvalue weighted by Crippen LogP contribution is -2.28. The van der Waals surface area contributed by atoms with E-state index in [4.69, 9.17) is 4.74 Å². The fourth-order valence-electron chi connectivity index (χ4n) is 1.91. The Morgan fingerprint density at radius 3 is 2.70 bits per heavy atom. The Morgan fingerprint density at radius 2 is 2.05 bits per heavy atom. The minimum Gasteiger partial charge on any atom is -0.385 e. The molecule has 112 valence electrons. The molecule has 20 heavy (non-hydrogen) atoms. The van der Waals surface area contributed by atoms with Gasteiger partial charge in [0, 0.05) is 30.9 Å². The van der Waals surface area contributed by atoms with E-state index in [0.717, 1.165) is 42.8 Å². The minimum absolute atomic E-state index is 0.0374. The number of rotatable bonds is 9. The maximum Gasteiger partial charge on any atom is 0.251 e. The second-order valence-corrected chi connectivity index (χ2v) is 4.78. The van der Waals surface area contributed by atoms with E-state index in [1.807, 2.05) is 25.1 Å². The predicted octanol–water partition coefficient (Wildman–Crippen LogP) is 2.97. The van der Waals surface area contributed by atoms with E-state index in [0.29, 0.717) is 13.2 Å². The molecule has 0 radical (unpaired) electrons. The number of anilines is 1. The molecule has 2 N–H and O–H groups in total. The largest absolute Gasteiger partial charge is 0.385 e. The Hall–Kier alpha value is -1.55. The van der Waals surface area contributed by atoms with Gasteiger partial charge in [0.2, 0.25) is 0 Å². The van der Waals surface area contributed by atoms with E-state index >= 15 is 0 Å². The highest BCUT2D eigenvalue weighted by atomic mass is 16.5. The van der Waals surface area contributed by atoms with Crippen LogP contribution in [0.15, 0.2) is 18.2 Å². The Labute approximate surface area is 121 Å². The average Bonchev–Trinajstić information content (AvgIpc) is 2.43. The molecule has 1 aromatic carbocycles. The summed E-state index contributed by atoms with van der Waals surface area (Å²) in [6.45, 7) is 8.90. The third-order valence-electron chi connectivity index (χ3n) is 3.03. The maximum atomic E-state index is 12.0. The molecular formula is C16H26N2O2. The highest BCUT2D eigenvalue weighted by Crippen LogP contribution is 2.14. The van der Waals surface area contributed by atoms with Crippen molar-refractivity contribution >= 4 is 11.6 Å². The molecular weight excluding hydrogens is 252 g/mol. The number of benzene rings is 1. The van der Waals surface area contributed by atoms with Gasteiger partial charge >= 0.3 is 0 Å². The molecule has 0 spiro atoms. The van der Waals surface area contributed by atoms with Crippen molar-refractivity contribution in [2.75, 3.05) is 31.6 Å². The Balaban J connectivity index is 2.39. The third kappa shape index (κ3) is 5.61. The fourth-order valence-corrected chi connectivity index (χ4v) is 1.91. The number of hydrogen-bond donors (Lipinski definition) is 2. The van der Waals surface area contributed by atoms with Gasteiger partial charge < -0.3 is 15.4 Å². The van der Waals surface area contributed by atoms with Crippen LogP contribution in [0.25, 0.3) is 0 Å². The van der Waals surface area contributed by atoms with E-state index in [1.165, 1.54) is 0 Å².